The van der Waals surface area contributed by atoms with Crippen LogP contribution in [-0.2, 0) is 4.79 Å². The second-order valence-corrected chi connectivity index (χ2v) is 4.56. The molecule has 1 atom stereocenters. The minimum atomic E-state index is -0.205. The molecule has 0 spiro atoms. The monoisotopic (exact) mass is 243 g/mol. The topological polar surface area (TPSA) is 68.9 Å². The van der Waals surface area contributed by atoms with Crippen molar-refractivity contribution in [2.24, 2.45) is 0 Å². The zero-order chi connectivity index (χ0) is 12.5. The SMILES string of the molecule is Cc1ccncc1-c1noc(C2CCCC2=O)n1. The van der Waals surface area contributed by atoms with E-state index < -0.39 is 0 Å². The fourth-order valence-corrected chi connectivity index (χ4v) is 2.26. The van der Waals surface area contributed by atoms with Gasteiger partial charge in [0.1, 0.15) is 5.78 Å². The van der Waals surface area contributed by atoms with Crippen molar-refractivity contribution in [3.05, 3.63) is 29.9 Å². The number of Topliss-reactive ketones (excluding diaryl/α,β-unsaturated/α-hetero) is 1. The third-order valence-electron chi connectivity index (χ3n) is 3.32. The molecule has 0 aliphatic heterocycles. The quantitative estimate of drug-likeness (QED) is 0.809. The minimum Gasteiger partial charge on any atom is -0.338 e. The smallest absolute Gasteiger partial charge is 0.237 e. The van der Waals surface area contributed by atoms with Crippen molar-refractivity contribution in [2.75, 3.05) is 0 Å². The second kappa shape index (κ2) is 4.33. The van der Waals surface area contributed by atoms with Crippen LogP contribution in [0.4, 0.5) is 0 Å². The molecule has 1 aliphatic rings. The average molecular weight is 243 g/mol. The number of aromatic nitrogens is 3. The second-order valence-electron chi connectivity index (χ2n) is 4.56. The molecular formula is C13H13N3O2. The predicted molar refractivity (Wildman–Crippen MR) is 63.9 cm³/mol. The zero-order valence-corrected chi connectivity index (χ0v) is 10.1. The van der Waals surface area contributed by atoms with Crippen LogP contribution in [0.2, 0.25) is 0 Å². The standard InChI is InChI=1S/C13H13N3O2/c1-8-5-6-14-7-10(8)12-15-13(18-16-12)9-3-2-4-11(9)17/h5-7,9H,2-4H2,1H3. The Balaban J connectivity index is 1.95. The van der Waals surface area contributed by atoms with Gasteiger partial charge in [0, 0.05) is 24.4 Å². The van der Waals surface area contributed by atoms with E-state index in [1.54, 1.807) is 12.4 Å². The molecule has 5 heteroatoms. The van der Waals surface area contributed by atoms with Crippen LogP contribution in [0.15, 0.2) is 23.0 Å². The van der Waals surface area contributed by atoms with E-state index in [4.69, 9.17) is 4.52 Å². The van der Waals surface area contributed by atoms with Crippen LogP contribution in [0.25, 0.3) is 11.4 Å². The molecule has 0 aromatic carbocycles. The highest BCUT2D eigenvalue weighted by Crippen LogP contribution is 2.31. The van der Waals surface area contributed by atoms with Crippen molar-refractivity contribution in [3.63, 3.8) is 0 Å². The lowest BCUT2D eigenvalue weighted by Gasteiger charge is -1.99. The maximum Gasteiger partial charge on any atom is 0.237 e. The van der Waals surface area contributed by atoms with Gasteiger partial charge in [0.05, 0.1) is 5.92 Å². The van der Waals surface area contributed by atoms with Gasteiger partial charge in [0.25, 0.3) is 0 Å². The molecule has 2 aromatic heterocycles. The molecular weight excluding hydrogens is 230 g/mol. The van der Waals surface area contributed by atoms with E-state index in [1.807, 2.05) is 13.0 Å². The highest BCUT2D eigenvalue weighted by Gasteiger charge is 2.31. The van der Waals surface area contributed by atoms with E-state index in [1.165, 1.54) is 0 Å². The minimum absolute atomic E-state index is 0.202. The first-order valence-electron chi connectivity index (χ1n) is 6.03. The molecule has 5 nitrogen and oxygen atoms in total. The molecule has 1 fully saturated rings. The molecule has 1 aliphatic carbocycles. The molecule has 92 valence electrons. The van der Waals surface area contributed by atoms with E-state index in [-0.39, 0.29) is 11.7 Å². The van der Waals surface area contributed by atoms with Crippen molar-refractivity contribution in [1.29, 1.82) is 0 Å². The fourth-order valence-electron chi connectivity index (χ4n) is 2.26. The summed E-state index contributed by atoms with van der Waals surface area (Å²) in [5, 5.41) is 3.95. The molecule has 1 unspecified atom stereocenters. The van der Waals surface area contributed by atoms with Crippen molar-refractivity contribution >= 4 is 5.78 Å². The third-order valence-corrected chi connectivity index (χ3v) is 3.32. The molecule has 1 saturated carbocycles. The largest absolute Gasteiger partial charge is 0.338 e. The van der Waals surface area contributed by atoms with Gasteiger partial charge in [-0.1, -0.05) is 5.16 Å². The van der Waals surface area contributed by atoms with Crippen molar-refractivity contribution in [2.45, 2.75) is 32.1 Å². The molecule has 0 bridgehead atoms. The lowest BCUT2D eigenvalue weighted by Crippen LogP contribution is -2.04. The summed E-state index contributed by atoms with van der Waals surface area (Å²) in [6.45, 7) is 1.97. The molecule has 2 aromatic rings. The van der Waals surface area contributed by atoms with Crippen LogP contribution in [0.3, 0.4) is 0 Å². The number of carbonyl (C=O) groups excluding carboxylic acids is 1. The summed E-state index contributed by atoms with van der Waals surface area (Å²) in [6, 6.07) is 1.89. The number of ketones is 1. The number of aryl methyl sites for hydroxylation is 1. The lowest BCUT2D eigenvalue weighted by molar-refractivity contribution is -0.119. The first-order chi connectivity index (χ1) is 8.75. The highest BCUT2D eigenvalue weighted by molar-refractivity contribution is 5.86. The Bertz CT molecular complexity index is 591. The van der Waals surface area contributed by atoms with Gasteiger partial charge < -0.3 is 4.52 Å². The lowest BCUT2D eigenvalue weighted by atomic mass is 10.1. The van der Waals surface area contributed by atoms with Gasteiger partial charge >= 0.3 is 0 Å². The van der Waals surface area contributed by atoms with Crippen LogP contribution in [0.1, 0.15) is 36.6 Å². The van der Waals surface area contributed by atoms with Gasteiger partial charge in [0.2, 0.25) is 11.7 Å². The maximum absolute atomic E-state index is 11.6. The van der Waals surface area contributed by atoms with Gasteiger partial charge in [0.15, 0.2) is 0 Å². The van der Waals surface area contributed by atoms with Gasteiger partial charge in [-0.05, 0) is 31.4 Å². The summed E-state index contributed by atoms with van der Waals surface area (Å²) in [4.78, 5) is 20.0. The van der Waals surface area contributed by atoms with Gasteiger partial charge in [-0.3, -0.25) is 9.78 Å². The number of pyridine rings is 1. The maximum atomic E-state index is 11.6. The Labute approximate surface area is 104 Å². The van der Waals surface area contributed by atoms with Gasteiger partial charge in [-0.25, -0.2) is 0 Å². The van der Waals surface area contributed by atoms with E-state index in [2.05, 4.69) is 15.1 Å². The van der Waals surface area contributed by atoms with Crippen LogP contribution in [-0.4, -0.2) is 20.9 Å². The zero-order valence-electron chi connectivity index (χ0n) is 10.1. The van der Waals surface area contributed by atoms with E-state index >= 15 is 0 Å². The molecule has 0 N–H and O–H groups in total. The third kappa shape index (κ3) is 1.81. The Hall–Kier alpha value is -2.04. The van der Waals surface area contributed by atoms with Gasteiger partial charge in [-0.2, -0.15) is 4.98 Å². The van der Waals surface area contributed by atoms with E-state index in [9.17, 15) is 4.79 Å². The number of hydrogen-bond donors (Lipinski definition) is 0. The number of carbonyl (C=O) groups is 1. The summed E-state index contributed by atoms with van der Waals surface area (Å²) in [7, 11) is 0. The summed E-state index contributed by atoms with van der Waals surface area (Å²) in [6.07, 6.45) is 5.77. The van der Waals surface area contributed by atoms with E-state index in [0.717, 1.165) is 24.0 Å². The summed E-state index contributed by atoms with van der Waals surface area (Å²) < 4.78 is 5.22. The van der Waals surface area contributed by atoms with Crippen LogP contribution >= 0.6 is 0 Å². The summed E-state index contributed by atoms with van der Waals surface area (Å²) in [5.41, 5.74) is 1.88. The fraction of sp³-hybridized carbons (Fsp3) is 0.385. The van der Waals surface area contributed by atoms with Crippen LogP contribution < -0.4 is 0 Å². The Morgan fingerprint density at radius 1 is 1.44 bits per heavy atom. The van der Waals surface area contributed by atoms with Crippen molar-refractivity contribution < 1.29 is 9.32 Å². The van der Waals surface area contributed by atoms with Crippen LogP contribution in [0, 0.1) is 6.92 Å². The molecule has 3 rings (SSSR count). The van der Waals surface area contributed by atoms with Gasteiger partial charge in [-0.15, -0.1) is 0 Å². The van der Waals surface area contributed by atoms with Crippen LogP contribution in [0.5, 0.6) is 0 Å². The van der Waals surface area contributed by atoms with Crippen molar-refractivity contribution in [3.8, 4) is 11.4 Å². The Morgan fingerprint density at radius 2 is 2.33 bits per heavy atom. The predicted octanol–water partition coefficient (Wildman–Crippen LogP) is 2.28. The Morgan fingerprint density at radius 3 is 3.06 bits per heavy atom. The first kappa shape index (κ1) is 11.1. The van der Waals surface area contributed by atoms with E-state index in [0.29, 0.717) is 18.1 Å². The molecule has 0 saturated heterocycles. The molecule has 2 heterocycles. The average Bonchev–Trinajstić information content (AvgIpc) is 2.98. The summed E-state index contributed by atoms with van der Waals surface area (Å²) >= 11 is 0. The molecule has 0 amide bonds. The van der Waals surface area contributed by atoms with Crippen molar-refractivity contribution in [1.82, 2.24) is 15.1 Å². The number of hydrogen-bond acceptors (Lipinski definition) is 5. The number of nitrogens with zero attached hydrogens (tertiary/aromatic N) is 3. The summed E-state index contributed by atoms with van der Waals surface area (Å²) in [5.74, 6) is 0.947. The normalized spacial score (nSPS) is 19.4. The Kier molecular flexibility index (Phi) is 2.66. The molecule has 0 radical (unpaired) electrons. The first-order valence-corrected chi connectivity index (χ1v) is 6.03. The number of rotatable bonds is 2. The highest BCUT2D eigenvalue weighted by atomic mass is 16.5. The molecule has 18 heavy (non-hydrogen) atoms.